The van der Waals surface area contributed by atoms with E-state index < -0.39 is 5.41 Å². The van der Waals surface area contributed by atoms with Crippen molar-refractivity contribution >= 4 is 29.2 Å². The van der Waals surface area contributed by atoms with Crippen molar-refractivity contribution in [1.82, 2.24) is 0 Å². The van der Waals surface area contributed by atoms with Crippen LogP contribution >= 0.6 is 0 Å². The third-order valence-corrected chi connectivity index (χ3v) is 13.2. The van der Waals surface area contributed by atoms with Crippen molar-refractivity contribution in [2.45, 2.75) is 44.4 Å². The lowest BCUT2D eigenvalue weighted by Gasteiger charge is -2.33. The fourth-order valence-corrected chi connectivity index (χ4v) is 10.4. The number of hydrogen-bond acceptors (Lipinski definition) is 1. The Bertz CT molecular complexity index is 2770. The number of para-hydroxylation sites is 2. The molecular weight excluding hydrogens is 699 g/mol. The van der Waals surface area contributed by atoms with Crippen molar-refractivity contribution in [3.8, 4) is 22.3 Å². The molecule has 0 heterocycles. The average molecular weight is 746 g/mol. The van der Waals surface area contributed by atoms with E-state index in [4.69, 9.17) is 0 Å². The molecule has 0 N–H and O–H groups in total. The number of hydrogen-bond donors (Lipinski definition) is 0. The first-order valence-electron chi connectivity index (χ1n) is 20.8. The summed E-state index contributed by atoms with van der Waals surface area (Å²) in [6, 6.07) is 71.9. The Morgan fingerprint density at radius 2 is 1.03 bits per heavy atom. The molecule has 0 radical (unpaired) electrons. The van der Waals surface area contributed by atoms with E-state index in [-0.39, 0.29) is 5.41 Å². The smallest absolute Gasteiger partial charge is 0.0713 e. The maximum absolute atomic E-state index is 2.48. The molecule has 2 aliphatic carbocycles. The second-order valence-electron chi connectivity index (χ2n) is 15.9. The minimum atomic E-state index is -0.409. The summed E-state index contributed by atoms with van der Waals surface area (Å²) in [5, 5.41) is 0. The summed E-state index contributed by atoms with van der Waals surface area (Å²) in [5.74, 6) is 0. The van der Waals surface area contributed by atoms with E-state index >= 15 is 0 Å². The average Bonchev–Trinajstić information content (AvgIpc) is 3.75. The van der Waals surface area contributed by atoms with Gasteiger partial charge in [0, 0.05) is 22.5 Å². The van der Waals surface area contributed by atoms with E-state index in [2.05, 4.69) is 232 Å². The maximum Gasteiger partial charge on any atom is 0.0713 e. The summed E-state index contributed by atoms with van der Waals surface area (Å²) in [4.78, 5) is 2.42. The maximum atomic E-state index is 2.48. The summed E-state index contributed by atoms with van der Waals surface area (Å²) in [6.45, 7) is 6.94. The summed E-state index contributed by atoms with van der Waals surface area (Å²) in [7, 11) is 0. The van der Waals surface area contributed by atoms with Gasteiger partial charge < -0.3 is 4.90 Å². The van der Waals surface area contributed by atoms with Crippen molar-refractivity contribution in [2.75, 3.05) is 4.90 Å². The third-order valence-electron chi connectivity index (χ3n) is 13.2. The number of fused-ring (bicyclic) bond motifs is 6. The highest BCUT2D eigenvalue weighted by molar-refractivity contribution is 5.93. The second kappa shape index (κ2) is 14.4. The Morgan fingerprint density at radius 1 is 0.448 bits per heavy atom. The van der Waals surface area contributed by atoms with E-state index in [1.54, 1.807) is 0 Å². The van der Waals surface area contributed by atoms with Crippen LogP contribution in [0.4, 0.5) is 17.1 Å². The molecule has 0 spiro atoms. The molecule has 1 heteroatoms. The zero-order valence-corrected chi connectivity index (χ0v) is 33.5. The van der Waals surface area contributed by atoms with Gasteiger partial charge in [0.05, 0.1) is 5.41 Å². The molecule has 0 aromatic heterocycles. The van der Waals surface area contributed by atoms with Crippen LogP contribution in [0, 0.1) is 6.92 Å². The van der Waals surface area contributed by atoms with E-state index in [0.717, 1.165) is 18.5 Å². The normalized spacial score (nSPS) is 14.1. The van der Waals surface area contributed by atoms with Crippen molar-refractivity contribution in [2.24, 2.45) is 0 Å². The third kappa shape index (κ3) is 5.37. The van der Waals surface area contributed by atoms with Crippen molar-refractivity contribution in [3.63, 3.8) is 0 Å². The molecule has 0 aliphatic heterocycles. The monoisotopic (exact) mass is 745 g/mol. The largest absolute Gasteiger partial charge is 0.310 e. The molecule has 2 aliphatic rings. The van der Waals surface area contributed by atoms with Gasteiger partial charge in [0.25, 0.3) is 0 Å². The molecule has 1 nitrogen and oxygen atoms in total. The Morgan fingerprint density at radius 3 is 1.72 bits per heavy atom. The van der Waals surface area contributed by atoms with Gasteiger partial charge in [-0.3, -0.25) is 0 Å². The van der Waals surface area contributed by atoms with Gasteiger partial charge in [0.15, 0.2) is 0 Å². The van der Waals surface area contributed by atoms with Gasteiger partial charge in [0.2, 0.25) is 0 Å². The van der Waals surface area contributed by atoms with Crippen molar-refractivity contribution in [3.05, 3.63) is 244 Å². The lowest BCUT2D eigenvalue weighted by atomic mass is 9.67. The van der Waals surface area contributed by atoms with Crippen molar-refractivity contribution in [1.29, 1.82) is 0 Å². The quantitative estimate of drug-likeness (QED) is 0.133. The minimum Gasteiger partial charge on any atom is -0.310 e. The Hall–Kier alpha value is -6.70. The van der Waals surface area contributed by atoms with E-state index in [0.29, 0.717) is 0 Å². The summed E-state index contributed by atoms with van der Waals surface area (Å²) < 4.78 is 0. The van der Waals surface area contributed by atoms with Crippen LogP contribution < -0.4 is 4.90 Å². The van der Waals surface area contributed by atoms with Crippen LogP contribution in [0.1, 0.15) is 76.8 Å². The highest BCUT2D eigenvalue weighted by Crippen LogP contribution is 2.58. The molecule has 0 unspecified atom stereocenters. The van der Waals surface area contributed by atoms with Gasteiger partial charge >= 0.3 is 0 Å². The second-order valence-corrected chi connectivity index (χ2v) is 15.9. The molecule has 8 aromatic carbocycles. The number of anilines is 3. The highest BCUT2D eigenvalue weighted by atomic mass is 15.1. The van der Waals surface area contributed by atoms with Crippen molar-refractivity contribution < 1.29 is 0 Å². The number of rotatable bonds is 9. The number of nitrogens with zero attached hydrogens (tertiary/aromatic N) is 1. The molecule has 0 saturated carbocycles. The predicted octanol–water partition coefficient (Wildman–Crippen LogP) is 15.1. The van der Waals surface area contributed by atoms with E-state index in [1.807, 2.05) is 0 Å². The van der Waals surface area contributed by atoms with Crippen LogP contribution in [-0.4, -0.2) is 0 Å². The van der Waals surface area contributed by atoms with Gasteiger partial charge in [0.1, 0.15) is 0 Å². The first kappa shape index (κ1) is 35.7. The Kier molecular flexibility index (Phi) is 8.83. The summed E-state index contributed by atoms with van der Waals surface area (Å²) >= 11 is 0. The van der Waals surface area contributed by atoms with Crippen LogP contribution in [0.3, 0.4) is 0 Å². The Labute approximate surface area is 343 Å². The molecule has 280 valence electrons. The fourth-order valence-electron chi connectivity index (χ4n) is 10.4. The number of aryl methyl sites for hydroxylation is 1. The zero-order valence-electron chi connectivity index (χ0n) is 33.5. The molecule has 0 atom stereocenters. The summed E-state index contributed by atoms with van der Waals surface area (Å²) in [6.07, 6.45) is 6.74. The van der Waals surface area contributed by atoms with Gasteiger partial charge in [-0.15, -0.1) is 0 Å². The van der Waals surface area contributed by atoms with E-state index in [9.17, 15) is 0 Å². The molecule has 58 heavy (non-hydrogen) atoms. The standard InChI is InChI=1S/C57H47N/c1-4-56(5-2)52-38-41(33-36-47(52)48-37-35-46(39-53(48)56)58(45-26-13-8-14-27-45)54-31-18-15-20-40(54)3)32-34-42-21-19-30-51-55(42)49-28-16-17-29-50(49)57(51,43-22-9-6-10-23-43)44-24-11-7-12-25-44/h6-39H,4-5H2,1-3H3/b34-32+. The van der Waals surface area contributed by atoms with Gasteiger partial charge in [-0.05, 0) is 122 Å². The highest BCUT2D eigenvalue weighted by Gasteiger charge is 2.46. The topological polar surface area (TPSA) is 3.24 Å². The molecule has 0 saturated heterocycles. The van der Waals surface area contributed by atoms with Gasteiger partial charge in [-0.25, -0.2) is 0 Å². The van der Waals surface area contributed by atoms with Gasteiger partial charge in [-0.1, -0.05) is 190 Å². The molecule has 0 fully saturated rings. The first-order chi connectivity index (χ1) is 28.6. The molecule has 8 aromatic rings. The van der Waals surface area contributed by atoms with Crippen LogP contribution in [0.25, 0.3) is 34.4 Å². The summed E-state index contributed by atoms with van der Waals surface area (Å²) in [5.41, 5.74) is 20.2. The van der Waals surface area contributed by atoms with Crippen LogP contribution in [0.15, 0.2) is 194 Å². The lowest BCUT2D eigenvalue weighted by Crippen LogP contribution is -2.28. The molecule has 0 bridgehead atoms. The Balaban J connectivity index is 1.07. The van der Waals surface area contributed by atoms with Crippen LogP contribution in [0.5, 0.6) is 0 Å². The molecular formula is C57H47N. The predicted molar refractivity (Wildman–Crippen MR) is 245 cm³/mol. The zero-order chi connectivity index (χ0) is 39.3. The lowest BCUT2D eigenvalue weighted by molar-refractivity contribution is 0.490. The van der Waals surface area contributed by atoms with E-state index in [1.165, 1.54) is 83.7 Å². The first-order valence-corrected chi connectivity index (χ1v) is 20.8. The van der Waals surface area contributed by atoms with Gasteiger partial charge in [-0.2, -0.15) is 0 Å². The molecule has 0 amide bonds. The van der Waals surface area contributed by atoms with Crippen LogP contribution in [-0.2, 0) is 10.8 Å². The van der Waals surface area contributed by atoms with Crippen LogP contribution in [0.2, 0.25) is 0 Å². The SMILES string of the molecule is CCC1(CC)c2cc(/C=C/c3cccc4c3-c3ccccc3C4(c3ccccc3)c3ccccc3)ccc2-c2ccc(N(c3ccccc3)c3ccccc3C)cc21. The fraction of sp³-hybridized carbons (Fsp3) is 0.123. The number of benzene rings is 8. The minimum absolute atomic E-state index is 0.0868. The molecule has 10 rings (SSSR count).